The van der Waals surface area contributed by atoms with Crippen molar-refractivity contribution in [3.8, 4) is 11.5 Å². The Morgan fingerprint density at radius 3 is 2.96 bits per heavy atom. The number of carbonyl (C=O) groups excluding carboxylic acids is 1. The summed E-state index contributed by atoms with van der Waals surface area (Å²) in [6.07, 6.45) is 0.728. The molecule has 1 aromatic heterocycles. The monoisotopic (exact) mass is 335 g/mol. The molecular weight excluding hydrogens is 316 g/mol. The second-order valence-electron chi connectivity index (χ2n) is 4.84. The van der Waals surface area contributed by atoms with Gasteiger partial charge in [0.25, 0.3) is 0 Å². The first kappa shape index (κ1) is 17.1. The fourth-order valence-corrected chi connectivity index (χ4v) is 2.73. The Balaban J connectivity index is 2.07. The van der Waals surface area contributed by atoms with Gasteiger partial charge in [-0.3, -0.25) is 0 Å². The zero-order valence-electron chi connectivity index (χ0n) is 13.1. The number of nitrogens with one attached hydrogen (secondary N) is 1. The molecule has 0 saturated carbocycles. The summed E-state index contributed by atoms with van der Waals surface area (Å²) in [7, 11) is 1.61. The quantitative estimate of drug-likeness (QED) is 0.753. The van der Waals surface area contributed by atoms with Gasteiger partial charge in [-0.15, -0.1) is 11.3 Å². The first-order valence-corrected chi connectivity index (χ1v) is 8.18. The Kier molecular flexibility index (Phi) is 6.22. The van der Waals surface area contributed by atoms with E-state index in [1.165, 1.54) is 11.3 Å². The number of ether oxygens (including phenoxy) is 2. The Labute approximate surface area is 139 Å². The number of nitrogens with zero attached hydrogens (tertiary/aromatic N) is 1. The van der Waals surface area contributed by atoms with Gasteiger partial charge in [-0.2, -0.15) is 0 Å². The number of methoxy groups -OCH3 is 1. The molecule has 0 bridgehead atoms. The van der Waals surface area contributed by atoms with Crippen LogP contribution in [0.4, 0.5) is 5.13 Å². The van der Waals surface area contributed by atoms with Crippen LogP contribution in [-0.4, -0.2) is 24.7 Å². The lowest BCUT2D eigenvalue weighted by molar-refractivity contribution is -0.304. The first-order chi connectivity index (χ1) is 11.1. The summed E-state index contributed by atoms with van der Waals surface area (Å²) in [5, 5.41) is 16.1. The summed E-state index contributed by atoms with van der Waals surface area (Å²) >= 11 is 1.36. The number of aromatic nitrogens is 1. The van der Waals surface area contributed by atoms with Gasteiger partial charge < -0.3 is 24.7 Å². The number of carbonyl (C=O) groups is 1. The molecule has 1 heterocycles. The summed E-state index contributed by atoms with van der Waals surface area (Å²) in [6.45, 7) is 3.16. The molecule has 1 N–H and O–H groups in total. The number of hydrogen-bond donors (Lipinski definition) is 1. The fourth-order valence-electron chi connectivity index (χ4n) is 2.02. The smallest absolute Gasteiger partial charge is 0.183 e. The number of benzene rings is 1. The van der Waals surface area contributed by atoms with Gasteiger partial charge in [0.05, 0.1) is 19.4 Å². The summed E-state index contributed by atoms with van der Waals surface area (Å²) in [5.74, 6) is 0.273. The Morgan fingerprint density at radius 2 is 2.26 bits per heavy atom. The van der Waals surface area contributed by atoms with Crippen molar-refractivity contribution >= 4 is 22.4 Å². The SMILES string of the molecule is CCCOc1c(CNc2nc(CC(=O)[O-])cs2)cccc1OC. The second kappa shape index (κ2) is 8.38. The van der Waals surface area contributed by atoms with Crippen molar-refractivity contribution in [3.05, 3.63) is 34.8 Å². The van der Waals surface area contributed by atoms with Crippen LogP contribution in [0.15, 0.2) is 23.6 Å². The van der Waals surface area contributed by atoms with E-state index < -0.39 is 5.97 Å². The lowest BCUT2D eigenvalue weighted by Gasteiger charge is -2.15. The van der Waals surface area contributed by atoms with E-state index in [0.717, 1.165) is 17.7 Å². The van der Waals surface area contributed by atoms with E-state index in [1.807, 2.05) is 25.1 Å². The van der Waals surface area contributed by atoms with E-state index in [-0.39, 0.29) is 6.42 Å². The van der Waals surface area contributed by atoms with Crippen LogP contribution >= 0.6 is 11.3 Å². The molecular formula is C16H19N2O4S-. The molecule has 0 spiro atoms. The lowest BCUT2D eigenvalue weighted by atomic mass is 10.2. The highest BCUT2D eigenvalue weighted by Gasteiger charge is 2.11. The van der Waals surface area contributed by atoms with Crippen molar-refractivity contribution in [2.75, 3.05) is 19.0 Å². The highest BCUT2D eigenvalue weighted by Crippen LogP contribution is 2.32. The van der Waals surface area contributed by atoms with E-state index in [2.05, 4.69) is 10.3 Å². The standard InChI is InChI=1S/C16H20N2O4S/c1-3-7-22-15-11(5-4-6-13(15)21-2)9-17-16-18-12(10-23-16)8-14(19)20/h4-6,10H,3,7-9H2,1-2H3,(H,17,18)(H,19,20)/p-1. The van der Waals surface area contributed by atoms with Crippen molar-refractivity contribution in [3.63, 3.8) is 0 Å². The zero-order valence-corrected chi connectivity index (χ0v) is 13.9. The molecule has 1 aromatic carbocycles. The van der Waals surface area contributed by atoms with Gasteiger partial charge >= 0.3 is 0 Å². The average Bonchev–Trinajstić information content (AvgIpc) is 2.97. The van der Waals surface area contributed by atoms with Crippen LogP contribution < -0.4 is 19.9 Å². The van der Waals surface area contributed by atoms with E-state index >= 15 is 0 Å². The number of anilines is 1. The molecule has 0 radical (unpaired) electrons. The first-order valence-electron chi connectivity index (χ1n) is 7.30. The van der Waals surface area contributed by atoms with E-state index in [1.54, 1.807) is 12.5 Å². The third-order valence-corrected chi connectivity index (χ3v) is 3.89. The van der Waals surface area contributed by atoms with Gasteiger partial charge in [-0.05, 0) is 12.5 Å². The summed E-state index contributed by atoms with van der Waals surface area (Å²) in [5.41, 5.74) is 1.44. The molecule has 124 valence electrons. The molecule has 0 fully saturated rings. The van der Waals surface area contributed by atoms with Crippen LogP contribution in [-0.2, 0) is 17.8 Å². The molecule has 0 aliphatic carbocycles. The Morgan fingerprint density at radius 1 is 1.43 bits per heavy atom. The number of thiazole rings is 1. The van der Waals surface area contributed by atoms with Crippen LogP contribution in [0.25, 0.3) is 0 Å². The predicted molar refractivity (Wildman–Crippen MR) is 86.9 cm³/mol. The molecule has 0 saturated heterocycles. The van der Waals surface area contributed by atoms with Gasteiger partial charge in [0.2, 0.25) is 0 Å². The zero-order chi connectivity index (χ0) is 16.7. The van der Waals surface area contributed by atoms with Gasteiger partial charge in [0.1, 0.15) is 0 Å². The molecule has 7 heteroatoms. The van der Waals surface area contributed by atoms with E-state index in [9.17, 15) is 9.90 Å². The molecule has 2 rings (SSSR count). The molecule has 0 unspecified atom stereocenters. The van der Waals surface area contributed by atoms with Crippen molar-refractivity contribution in [2.24, 2.45) is 0 Å². The van der Waals surface area contributed by atoms with Gasteiger partial charge in [0, 0.05) is 29.9 Å². The maximum absolute atomic E-state index is 10.6. The largest absolute Gasteiger partial charge is 0.550 e. The normalized spacial score (nSPS) is 10.3. The van der Waals surface area contributed by atoms with Gasteiger partial charge in [0.15, 0.2) is 16.6 Å². The number of hydrogen-bond acceptors (Lipinski definition) is 7. The molecule has 0 aliphatic heterocycles. The molecule has 0 aliphatic rings. The number of carboxylic acid groups (broad SMARTS) is 1. The fraction of sp³-hybridized carbons (Fsp3) is 0.375. The van der Waals surface area contributed by atoms with Crippen LogP contribution in [0.2, 0.25) is 0 Å². The lowest BCUT2D eigenvalue weighted by Crippen LogP contribution is -2.24. The predicted octanol–water partition coefficient (Wildman–Crippen LogP) is 1.84. The number of carboxylic acids is 1. The minimum Gasteiger partial charge on any atom is -0.550 e. The number of rotatable bonds is 9. The highest BCUT2D eigenvalue weighted by atomic mass is 32.1. The Bertz CT molecular complexity index is 657. The van der Waals surface area contributed by atoms with Crippen LogP contribution in [0.3, 0.4) is 0 Å². The number of aliphatic carboxylic acids is 1. The molecule has 0 amide bonds. The molecule has 0 atom stereocenters. The van der Waals surface area contributed by atoms with E-state index in [4.69, 9.17) is 9.47 Å². The molecule has 23 heavy (non-hydrogen) atoms. The van der Waals surface area contributed by atoms with Crippen molar-refractivity contribution in [2.45, 2.75) is 26.3 Å². The summed E-state index contributed by atoms with van der Waals surface area (Å²) < 4.78 is 11.1. The summed E-state index contributed by atoms with van der Waals surface area (Å²) in [6, 6.07) is 5.71. The molecule has 2 aromatic rings. The van der Waals surface area contributed by atoms with Gasteiger partial charge in [-0.1, -0.05) is 19.1 Å². The highest BCUT2D eigenvalue weighted by molar-refractivity contribution is 7.13. The van der Waals surface area contributed by atoms with Crippen LogP contribution in [0, 0.1) is 0 Å². The topological polar surface area (TPSA) is 83.5 Å². The van der Waals surface area contributed by atoms with Crippen LogP contribution in [0.5, 0.6) is 11.5 Å². The Hall–Kier alpha value is -2.28. The maximum Gasteiger partial charge on any atom is 0.183 e. The van der Waals surface area contributed by atoms with Gasteiger partial charge in [-0.25, -0.2) is 4.98 Å². The average molecular weight is 335 g/mol. The van der Waals surface area contributed by atoms with Crippen molar-refractivity contribution in [1.29, 1.82) is 0 Å². The van der Waals surface area contributed by atoms with E-state index in [0.29, 0.717) is 29.7 Å². The minimum atomic E-state index is -1.13. The third-order valence-electron chi connectivity index (χ3n) is 3.04. The van der Waals surface area contributed by atoms with Crippen molar-refractivity contribution < 1.29 is 19.4 Å². The minimum absolute atomic E-state index is 0.178. The number of para-hydroxylation sites is 1. The van der Waals surface area contributed by atoms with Crippen LogP contribution in [0.1, 0.15) is 24.6 Å². The third kappa shape index (κ3) is 4.85. The maximum atomic E-state index is 10.6. The molecule has 6 nitrogen and oxygen atoms in total. The summed E-state index contributed by atoms with van der Waals surface area (Å²) in [4.78, 5) is 14.8. The van der Waals surface area contributed by atoms with Crippen molar-refractivity contribution in [1.82, 2.24) is 4.98 Å². The second-order valence-corrected chi connectivity index (χ2v) is 5.70.